The van der Waals surface area contributed by atoms with E-state index in [0.29, 0.717) is 39.1 Å². The normalized spacial score (nSPS) is 23.9. The number of rotatable bonds is 5. The summed E-state index contributed by atoms with van der Waals surface area (Å²) in [6.45, 7) is 1.99. The number of ether oxygens (including phenoxy) is 1. The van der Waals surface area contributed by atoms with Crippen molar-refractivity contribution < 1.29 is 13.2 Å². The van der Waals surface area contributed by atoms with Crippen LogP contribution in [0.1, 0.15) is 44.9 Å². The lowest BCUT2D eigenvalue weighted by Gasteiger charge is -2.36. The Morgan fingerprint density at radius 3 is 2.26 bits per heavy atom. The number of nitrogens with two attached hydrogens (primary N) is 1. The third kappa shape index (κ3) is 3.68. The van der Waals surface area contributed by atoms with E-state index in [2.05, 4.69) is 0 Å². The fourth-order valence-corrected chi connectivity index (χ4v) is 5.34. The zero-order chi connectivity index (χ0) is 13.7. The van der Waals surface area contributed by atoms with Gasteiger partial charge >= 0.3 is 0 Å². The van der Waals surface area contributed by atoms with Crippen molar-refractivity contribution in [1.29, 1.82) is 0 Å². The molecule has 1 saturated heterocycles. The van der Waals surface area contributed by atoms with Gasteiger partial charge in [0.15, 0.2) is 0 Å². The molecule has 2 aliphatic rings. The molecule has 0 spiro atoms. The smallest absolute Gasteiger partial charge is 0.217 e. The lowest BCUT2D eigenvalue weighted by molar-refractivity contribution is 0.0964. The van der Waals surface area contributed by atoms with Crippen molar-refractivity contribution in [3.05, 3.63) is 0 Å². The van der Waals surface area contributed by atoms with Crippen molar-refractivity contribution in [3.8, 4) is 0 Å². The minimum Gasteiger partial charge on any atom is -0.381 e. The Bertz CT molecular complexity index is 360. The zero-order valence-electron chi connectivity index (χ0n) is 11.6. The molecular formula is C13H26N2O3S. The minimum absolute atomic E-state index is 0.171. The summed E-state index contributed by atoms with van der Waals surface area (Å²) in [5, 5.41) is -0.269. The van der Waals surface area contributed by atoms with E-state index in [1.54, 1.807) is 4.31 Å². The summed E-state index contributed by atoms with van der Waals surface area (Å²) in [6, 6.07) is 0.171. The molecule has 0 aromatic rings. The van der Waals surface area contributed by atoms with Crippen LogP contribution in [0.3, 0.4) is 0 Å². The zero-order valence-corrected chi connectivity index (χ0v) is 12.4. The second kappa shape index (κ2) is 7.02. The van der Waals surface area contributed by atoms with E-state index in [4.69, 9.17) is 10.5 Å². The minimum atomic E-state index is -3.21. The van der Waals surface area contributed by atoms with Gasteiger partial charge in [-0.05, 0) is 25.7 Å². The van der Waals surface area contributed by atoms with E-state index in [1.165, 1.54) is 6.42 Å². The Morgan fingerprint density at radius 1 is 1.05 bits per heavy atom. The van der Waals surface area contributed by atoms with E-state index < -0.39 is 10.0 Å². The highest BCUT2D eigenvalue weighted by Crippen LogP contribution is 2.28. The van der Waals surface area contributed by atoms with Crippen LogP contribution in [-0.4, -0.2) is 50.3 Å². The highest BCUT2D eigenvalue weighted by Gasteiger charge is 2.37. The average molecular weight is 290 g/mol. The Hall–Kier alpha value is -0.170. The third-order valence-corrected chi connectivity index (χ3v) is 6.70. The van der Waals surface area contributed by atoms with E-state index in [0.717, 1.165) is 25.7 Å². The summed E-state index contributed by atoms with van der Waals surface area (Å²) in [4.78, 5) is 0. The number of hydrogen-bond acceptors (Lipinski definition) is 4. The van der Waals surface area contributed by atoms with E-state index in [-0.39, 0.29) is 11.3 Å². The monoisotopic (exact) mass is 290 g/mol. The van der Waals surface area contributed by atoms with Crippen LogP contribution in [0, 0.1) is 0 Å². The topological polar surface area (TPSA) is 72.6 Å². The lowest BCUT2D eigenvalue weighted by atomic mass is 9.95. The molecule has 0 aromatic carbocycles. The van der Waals surface area contributed by atoms with Crippen molar-refractivity contribution in [2.45, 2.75) is 56.2 Å². The molecule has 0 amide bonds. The summed E-state index contributed by atoms with van der Waals surface area (Å²) in [5.41, 5.74) is 5.63. The van der Waals surface area contributed by atoms with Crippen LogP contribution in [0.15, 0.2) is 0 Å². The van der Waals surface area contributed by atoms with Crippen molar-refractivity contribution in [1.82, 2.24) is 4.31 Å². The number of sulfonamides is 1. The van der Waals surface area contributed by atoms with Gasteiger partial charge in [0.2, 0.25) is 10.0 Å². The Kier molecular flexibility index (Phi) is 5.62. The summed E-state index contributed by atoms with van der Waals surface area (Å²) in [7, 11) is -3.21. The van der Waals surface area contributed by atoms with Gasteiger partial charge < -0.3 is 10.5 Å². The molecule has 0 radical (unpaired) electrons. The molecule has 112 valence electrons. The maximum atomic E-state index is 12.8. The van der Waals surface area contributed by atoms with Gasteiger partial charge in [0.25, 0.3) is 0 Å². The molecule has 0 atom stereocenters. The van der Waals surface area contributed by atoms with Crippen molar-refractivity contribution in [3.63, 3.8) is 0 Å². The van der Waals surface area contributed by atoms with Crippen LogP contribution in [0.2, 0.25) is 0 Å². The fourth-order valence-electron chi connectivity index (χ4n) is 3.18. The largest absolute Gasteiger partial charge is 0.381 e. The summed E-state index contributed by atoms with van der Waals surface area (Å²) in [6.07, 6.45) is 6.71. The SMILES string of the molecule is NCCN(C1CCCCC1)S(=O)(=O)C1CCOCC1. The molecule has 0 bridgehead atoms. The van der Waals surface area contributed by atoms with Crippen LogP contribution < -0.4 is 5.73 Å². The average Bonchev–Trinajstić information content (AvgIpc) is 2.46. The first-order chi connectivity index (χ1) is 9.16. The third-order valence-electron chi connectivity index (χ3n) is 4.25. The predicted molar refractivity (Wildman–Crippen MR) is 75.4 cm³/mol. The van der Waals surface area contributed by atoms with Gasteiger partial charge in [-0.3, -0.25) is 0 Å². The van der Waals surface area contributed by atoms with Crippen molar-refractivity contribution >= 4 is 10.0 Å². The fraction of sp³-hybridized carbons (Fsp3) is 1.00. The molecule has 19 heavy (non-hydrogen) atoms. The summed E-state index contributed by atoms with van der Waals surface area (Å²) in [5.74, 6) is 0. The van der Waals surface area contributed by atoms with Crippen LogP contribution in [0.5, 0.6) is 0 Å². The molecule has 1 aliphatic carbocycles. The lowest BCUT2D eigenvalue weighted by Crippen LogP contribution is -2.49. The Morgan fingerprint density at radius 2 is 1.68 bits per heavy atom. The Labute approximate surface area is 116 Å². The number of hydrogen-bond donors (Lipinski definition) is 1. The first-order valence-electron chi connectivity index (χ1n) is 7.44. The first-order valence-corrected chi connectivity index (χ1v) is 8.95. The van der Waals surface area contributed by atoms with E-state index in [9.17, 15) is 8.42 Å². The molecule has 1 saturated carbocycles. The standard InChI is InChI=1S/C13H26N2O3S/c14-8-9-15(12-4-2-1-3-5-12)19(16,17)13-6-10-18-11-7-13/h12-13H,1-11,14H2. The molecule has 2 N–H and O–H groups in total. The van der Waals surface area contributed by atoms with Crippen LogP contribution in [-0.2, 0) is 14.8 Å². The van der Waals surface area contributed by atoms with Crippen LogP contribution in [0.25, 0.3) is 0 Å². The molecule has 0 unspecified atom stereocenters. The molecule has 2 rings (SSSR count). The van der Waals surface area contributed by atoms with Gasteiger partial charge in [-0.1, -0.05) is 19.3 Å². The molecule has 0 aromatic heterocycles. The van der Waals surface area contributed by atoms with Crippen molar-refractivity contribution in [2.24, 2.45) is 5.73 Å². The molecular weight excluding hydrogens is 264 g/mol. The summed E-state index contributed by atoms with van der Waals surface area (Å²) >= 11 is 0. The number of nitrogens with zero attached hydrogens (tertiary/aromatic N) is 1. The highest BCUT2D eigenvalue weighted by atomic mass is 32.2. The van der Waals surface area contributed by atoms with Crippen LogP contribution >= 0.6 is 0 Å². The van der Waals surface area contributed by atoms with Gasteiger partial charge in [-0.2, -0.15) is 4.31 Å². The molecule has 1 aliphatic heterocycles. The molecule has 5 nitrogen and oxygen atoms in total. The molecule has 6 heteroatoms. The van der Waals surface area contributed by atoms with Crippen LogP contribution in [0.4, 0.5) is 0 Å². The second-order valence-electron chi connectivity index (χ2n) is 5.55. The van der Waals surface area contributed by atoms with Gasteiger partial charge in [0.1, 0.15) is 0 Å². The van der Waals surface area contributed by atoms with E-state index in [1.807, 2.05) is 0 Å². The first kappa shape index (κ1) is 15.2. The van der Waals surface area contributed by atoms with Gasteiger partial charge in [0.05, 0.1) is 5.25 Å². The Balaban J connectivity index is 2.11. The second-order valence-corrected chi connectivity index (χ2v) is 7.71. The highest BCUT2D eigenvalue weighted by molar-refractivity contribution is 7.89. The van der Waals surface area contributed by atoms with Gasteiger partial charge in [-0.25, -0.2) is 8.42 Å². The predicted octanol–water partition coefficient (Wildman–Crippen LogP) is 1.09. The maximum absolute atomic E-state index is 12.8. The van der Waals surface area contributed by atoms with E-state index >= 15 is 0 Å². The van der Waals surface area contributed by atoms with Gasteiger partial charge in [-0.15, -0.1) is 0 Å². The van der Waals surface area contributed by atoms with Gasteiger partial charge in [0, 0.05) is 32.3 Å². The quantitative estimate of drug-likeness (QED) is 0.822. The van der Waals surface area contributed by atoms with Crippen molar-refractivity contribution in [2.75, 3.05) is 26.3 Å². The molecule has 1 heterocycles. The maximum Gasteiger partial charge on any atom is 0.217 e. The summed E-state index contributed by atoms with van der Waals surface area (Å²) < 4.78 is 32.6. The molecule has 2 fully saturated rings.